The second-order valence-electron chi connectivity index (χ2n) is 2.58. The summed E-state index contributed by atoms with van der Waals surface area (Å²) in [5.41, 5.74) is 0. The Balaban J connectivity index is 2.32. The zero-order valence-corrected chi connectivity index (χ0v) is 7.56. The van der Waals surface area contributed by atoms with E-state index in [1.165, 1.54) is 0 Å². The Morgan fingerprint density at radius 2 is 2.62 bits per heavy atom. The maximum Gasteiger partial charge on any atom is 0.330 e. The lowest BCUT2D eigenvalue weighted by Gasteiger charge is -2.01. The summed E-state index contributed by atoms with van der Waals surface area (Å²) in [6.45, 7) is 3.64. The molecule has 0 spiro atoms. The first-order valence-electron chi connectivity index (χ1n) is 3.99. The van der Waals surface area contributed by atoms with Crippen LogP contribution in [0.25, 0.3) is 0 Å². The average Bonchev–Trinajstić information content (AvgIpc) is 2.52. The number of carbonyl (C=O) groups excluding carboxylic acids is 1. The highest BCUT2D eigenvalue weighted by molar-refractivity contribution is 5.81. The molecular weight excluding hydrogens is 168 g/mol. The van der Waals surface area contributed by atoms with Gasteiger partial charge in [0.05, 0.1) is 6.61 Å². The highest BCUT2D eigenvalue weighted by atomic mass is 16.5. The molecule has 0 radical (unpaired) electrons. The Morgan fingerprint density at radius 3 is 3.15 bits per heavy atom. The van der Waals surface area contributed by atoms with Crippen LogP contribution in [-0.2, 0) is 23.0 Å². The third-order valence-electron chi connectivity index (χ3n) is 1.66. The maximum atomic E-state index is 10.7. The zero-order valence-electron chi connectivity index (χ0n) is 7.56. The molecule has 0 aliphatic carbocycles. The van der Waals surface area contributed by atoms with Gasteiger partial charge >= 0.3 is 5.97 Å². The summed E-state index contributed by atoms with van der Waals surface area (Å²) in [5.74, 6) is 0.506. The van der Waals surface area contributed by atoms with Crippen molar-refractivity contribution in [2.45, 2.75) is 6.42 Å². The summed E-state index contributed by atoms with van der Waals surface area (Å²) in [7, 11) is 1.90. The Morgan fingerprint density at radius 1 is 1.85 bits per heavy atom. The molecule has 0 saturated carbocycles. The number of aromatic nitrogens is 2. The van der Waals surface area contributed by atoms with Gasteiger partial charge in [-0.15, -0.1) is 0 Å². The molecule has 0 atom stereocenters. The summed E-state index contributed by atoms with van der Waals surface area (Å²) >= 11 is 0. The number of hydrogen-bond donors (Lipinski definition) is 0. The lowest BCUT2D eigenvalue weighted by atomic mass is 10.4. The van der Waals surface area contributed by atoms with Crippen LogP contribution in [0.3, 0.4) is 0 Å². The highest BCUT2D eigenvalue weighted by Crippen LogP contribution is 1.95. The van der Waals surface area contributed by atoms with Crippen molar-refractivity contribution in [1.29, 1.82) is 0 Å². The molecule has 13 heavy (non-hydrogen) atoms. The SMILES string of the molecule is C=CC(=O)OCCc1nccn1C. The van der Waals surface area contributed by atoms with Crippen molar-refractivity contribution in [2.75, 3.05) is 6.61 Å². The zero-order chi connectivity index (χ0) is 9.68. The minimum atomic E-state index is -0.394. The van der Waals surface area contributed by atoms with E-state index in [9.17, 15) is 4.79 Å². The molecule has 4 nitrogen and oxygen atoms in total. The highest BCUT2D eigenvalue weighted by Gasteiger charge is 2.00. The smallest absolute Gasteiger partial charge is 0.330 e. The standard InChI is InChI=1S/C9H12N2O2/c1-3-9(12)13-7-4-8-10-5-6-11(8)2/h3,5-6H,1,4,7H2,2H3. The van der Waals surface area contributed by atoms with Crippen LogP contribution in [0.4, 0.5) is 0 Å². The fourth-order valence-corrected chi connectivity index (χ4v) is 0.939. The minimum Gasteiger partial charge on any atom is -0.462 e. The molecule has 0 unspecified atom stereocenters. The third-order valence-corrected chi connectivity index (χ3v) is 1.66. The van der Waals surface area contributed by atoms with Gasteiger partial charge in [-0.3, -0.25) is 0 Å². The monoisotopic (exact) mass is 180 g/mol. The third kappa shape index (κ3) is 2.74. The predicted molar refractivity (Wildman–Crippen MR) is 48.1 cm³/mol. The predicted octanol–water partition coefficient (Wildman–Crippen LogP) is 0.692. The summed E-state index contributed by atoms with van der Waals surface area (Å²) in [6, 6.07) is 0. The van der Waals surface area contributed by atoms with Gasteiger partial charge < -0.3 is 9.30 Å². The second-order valence-corrected chi connectivity index (χ2v) is 2.58. The minimum absolute atomic E-state index is 0.343. The maximum absolute atomic E-state index is 10.7. The number of rotatable bonds is 4. The first-order valence-corrected chi connectivity index (χ1v) is 3.99. The fraction of sp³-hybridized carbons (Fsp3) is 0.333. The first kappa shape index (κ1) is 9.51. The molecule has 0 amide bonds. The van der Waals surface area contributed by atoms with E-state index in [0.29, 0.717) is 13.0 Å². The van der Waals surface area contributed by atoms with E-state index in [0.717, 1.165) is 11.9 Å². The molecule has 1 aromatic rings. The van der Waals surface area contributed by atoms with Crippen molar-refractivity contribution in [1.82, 2.24) is 9.55 Å². The number of esters is 1. The number of carbonyl (C=O) groups is 1. The van der Waals surface area contributed by atoms with Gasteiger partial charge in [0.25, 0.3) is 0 Å². The van der Waals surface area contributed by atoms with Crippen LogP contribution >= 0.6 is 0 Å². The van der Waals surface area contributed by atoms with E-state index in [4.69, 9.17) is 4.74 Å². The van der Waals surface area contributed by atoms with E-state index in [-0.39, 0.29) is 0 Å². The molecule has 70 valence electrons. The summed E-state index contributed by atoms with van der Waals surface area (Å²) in [5, 5.41) is 0. The van der Waals surface area contributed by atoms with E-state index in [1.807, 2.05) is 17.8 Å². The van der Waals surface area contributed by atoms with Crippen LogP contribution in [0.2, 0.25) is 0 Å². The van der Waals surface area contributed by atoms with E-state index in [1.54, 1.807) is 6.20 Å². The molecule has 0 bridgehead atoms. The summed E-state index contributed by atoms with van der Waals surface area (Å²) in [4.78, 5) is 14.7. The van der Waals surface area contributed by atoms with Crippen molar-refractivity contribution in [3.63, 3.8) is 0 Å². The van der Waals surface area contributed by atoms with Crippen LogP contribution in [-0.4, -0.2) is 22.1 Å². The largest absolute Gasteiger partial charge is 0.462 e. The molecule has 0 aromatic carbocycles. The molecule has 1 heterocycles. The van der Waals surface area contributed by atoms with Gasteiger partial charge in [0.15, 0.2) is 0 Å². The molecule has 0 saturated heterocycles. The van der Waals surface area contributed by atoms with Gasteiger partial charge in [0.2, 0.25) is 0 Å². The average molecular weight is 180 g/mol. The van der Waals surface area contributed by atoms with Crippen LogP contribution in [0.15, 0.2) is 25.0 Å². The quantitative estimate of drug-likeness (QED) is 0.506. The van der Waals surface area contributed by atoms with Crippen LogP contribution in [0, 0.1) is 0 Å². The van der Waals surface area contributed by atoms with Crippen molar-refractivity contribution < 1.29 is 9.53 Å². The molecule has 1 aromatic heterocycles. The molecule has 1 rings (SSSR count). The Hall–Kier alpha value is -1.58. The number of ether oxygens (including phenoxy) is 1. The Bertz CT molecular complexity index is 304. The van der Waals surface area contributed by atoms with Gasteiger partial charge in [-0.1, -0.05) is 6.58 Å². The fourth-order valence-electron chi connectivity index (χ4n) is 0.939. The molecular formula is C9H12N2O2. The Kier molecular flexibility index (Phi) is 3.25. The van der Waals surface area contributed by atoms with Crippen LogP contribution < -0.4 is 0 Å². The van der Waals surface area contributed by atoms with Gasteiger partial charge in [-0.05, 0) is 0 Å². The normalized spacial score (nSPS) is 9.62. The first-order chi connectivity index (χ1) is 6.24. The van der Waals surface area contributed by atoms with Gasteiger partial charge in [0, 0.05) is 31.9 Å². The molecule has 0 aliphatic heterocycles. The van der Waals surface area contributed by atoms with E-state index in [2.05, 4.69) is 11.6 Å². The van der Waals surface area contributed by atoms with Crippen LogP contribution in [0.1, 0.15) is 5.82 Å². The lowest BCUT2D eigenvalue weighted by Crippen LogP contribution is -2.07. The summed E-state index contributed by atoms with van der Waals surface area (Å²) in [6.07, 6.45) is 5.34. The molecule has 0 aliphatic rings. The van der Waals surface area contributed by atoms with Crippen molar-refractivity contribution in [3.8, 4) is 0 Å². The van der Waals surface area contributed by atoms with Crippen LogP contribution in [0.5, 0.6) is 0 Å². The molecule has 0 fully saturated rings. The summed E-state index contributed by atoms with van der Waals surface area (Å²) < 4.78 is 6.70. The number of aryl methyl sites for hydroxylation is 1. The van der Waals surface area contributed by atoms with Gasteiger partial charge in [-0.2, -0.15) is 0 Å². The van der Waals surface area contributed by atoms with Crippen molar-refractivity contribution in [2.24, 2.45) is 7.05 Å². The number of imidazole rings is 1. The number of nitrogens with zero attached hydrogens (tertiary/aromatic N) is 2. The molecule has 4 heteroatoms. The second kappa shape index (κ2) is 4.45. The van der Waals surface area contributed by atoms with Crippen molar-refractivity contribution in [3.05, 3.63) is 30.9 Å². The molecule has 0 N–H and O–H groups in total. The van der Waals surface area contributed by atoms with E-state index < -0.39 is 5.97 Å². The van der Waals surface area contributed by atoms with Gasteiger partial charge in [0.1, 0.15) is 5.82 Å². The topological polar surface area (TPSA) is 44.1 Å². The Labute approximate surface area is 76.8 Å². The number of hydrogen-bond acceptors (Lipinski definition) is 3. The lowest BCUT2D eigenvalue weighted by molar-refractivity contribution is -0.137. The van der Waals surface area contributed by atoms with E-state index >= 15 is 0 Å². The van der Waals surface area contributed by atoms with Crippen molar-refractivity contribution >= 4 is 5.97 Å². The van der Waals surface area contributed by atoms with Gasteiger partial charge in [-0.25, -0.2) is 9.78 Å².